The molecule has 1 N–H and O–H groups in total. The van der Waals surface area contributed by atoms with Crippen LogP contribution in [0.3, 0.4) is 0 Å². The molecule has 5 nitrogen and oxygen atoms in total. The summed E-state index contributed by atoms with van der Waals surface area (Å²) in [6, 6.07) is 3.95. The Labute approximate surface area is 136 Å². The van der Waals surface area contributed by atoms with Gasteiger partial charge in [0.1, 0.15) is 5.82 Å². The van der Waals surface area contributed by atoms with Gasteiger partial charge in [-0.15, -0.1) is 0 Å². The van der Waals surface area contributed by atoms with Crippen molar-refractivity contribution in [2.24, 2.45) is 0 Å². The van der Waals surface area contributed by atoms with E-state index >= 15 is 0 Å². The van der Waals surface area contributed by atoms with Crippen LogP contribution in [0.15, 0.2) is 18.2 Å². The Bertz CT molecular complexity index is 676. The molecular weight excluding hydrogens is 319 g/mol. The van der Waals surface area contributed by atoms with Gasteiger partial charge in [0.05, 0.1) is 11.8 Å². The van der Waals surface area contributed by atoms with Gasteiger partial charge in [-0.2, -0.15) is 0 Å². The Balaban J connectivity index is 2.06. The van der Waals surface area contributed by atoms with Crippen molar-refractivity contribution in [1.82, 2.24) is 9.62 Å². The lowest BCUT2D eigenvalue weighted by Gasteiger charge is -2.33. The van der Waals surface area contributed by atoms with Crippen LogP contribution >= 0.6 is 0 Å². The van der Waals surface area contributed by atoms with Gasteiger partial charge in [-0.05, 0) is 44.5 Å². The highest BCUT2D eigenvalue weighted by atomic mass is 32.2. The molecule has 0 spiro atoms. The van der Waals surface area contributed by atoms with E-state index in [0.29, 0.717) is 18.5 Å². The third-order valence-corrected chi connectivity index (χ3v) is 5.34. The summed E-state index contributed by atoms with van der Waals surface area (Å²) in [7, 11) is -3.92. The van der Waals surface area contributed by atoms with Crippen LogP contribution in [0.5, 0.6) is 0 Å². The van der Waals surface area contributed by atoms with Crippen molar-refractivity contribution in [3.8, 4) is 0 Å². The summed E-state index contributed by atoms with van der Waals surface area (Å²) >= 11 is 0. The van der Waals surface area contributed by atoms with Crippen LogP contribution in [0.1, 0.15) is 37.3 Å². The van der Waals surface area contributed by atoms with Crippen molar-refractivity contribution in [1.29, 1.82) is 0 Å². The zero-order valence-corrected chi connectivity index (χ0v) is 14.3. The maximum absolute atomic E-state index is 13.8. The number of hydrogen-bond acceptors (Lipinski definition) is 4. The molecule has 2 rings (SSSR count). The molecule has 1 aromatic rings. The first-order chi connectivity index (χ1) is 10.8. The number of halogens is 1. The molecule has 0 aromatic heterocycles. The van der Waals surface area contributed by atoms with Crippen LogP contribution in [0.2, 0.25) is 0 Å². The number of carbonyl (C=O) groups excluding carboxylic acids is 1. The molecule has 0 saturated carbocycles. The second kappa shape index (κ2) is 7.40. The van der Waals surface area contributed by atoms with Gasteiger partial charge in [0, 0.05) is 5.56 Å². The predicted octanol–water partition coefficient (Wildman–Crippen LogP) is 1.95. The van der Waals surface area contributed by atoms with Gasteiger partial charge < -0.3 is 0 Å². The number of hydrogen-bond donors (Lipinski definition) is 1. The van der Waals surface area contributed by atoms with Gasteiger partial charge in [-0.25, -0.2) is 12.8 Å². The minimum absolute atomic E-state index is 0.0619. The van der Waals surface area contributed by atoms with E-state index < -0.39 is 33.5 Å². The smallest absolute Gasteiger partial charge is 0.250 e. The van der Waals surface area contributed by atoms with Gasteiger partial charge in [0.2, 0.25) is 10.0 Å². The lowest BCUT2D eigenvalue weighted by Crippen LogP contribution is -2.50. The number of likely N-dealkylation sites (N-methyl/N-ethyl adjacent to an activating group) is 1. The summed E-state index contributed by atoms with van der Waals surface area (Å²) in [5.41, 5.74) is 0.778. The number of nitrogens with one attached hydrogen (secondary N) is 1. The Morgan fingerprint density at radius 1 is 1.39 bits per heavy atom. The zero-order valence-electron chi connectivity index (χ0n) is 13.5. The van der Waals surface area contributed by atoms with Crippen molar-refractivity contribution in [2.45, 2.75) is 44.9 Å². The van der Waals surface area contributed by atoms with E-state index in [0.717, 1.165) is 19.4 Å². The monoisotopic (exact) mass is 342 g/mol. The summed E-state index contributed by atoms with van der Waals surface area (Å²) in [5, 5.41) is 0. The van der Waals surface area contributed by atoms with Crippen LogP contribution in [0.4, 0.5) is 4.39 Å². The molecule has 1 aliphatic heterocycles. The molecule has 1 amide bonds. The van der Waals surface area contributed by atoms with Gasteiger partial charge in [0.25, 0.3) is 5.91 Å². The highest BCUT2D eigenvalue weighted by molar-refractivity contribution is 7.89. The van der Waals surface area contributed by atoms with E-state index in [1.165, 1.54) is 12.1 Å². The van der Waals surface area contributed by atoms with Crippen molar-refractivity contribution in [2.75, 3.05) is 13.1 Å². The first kappa shape index (κ1) is 17.9. The summed E-state index contributed by atoms with van der Waals surface area (Å²) in [4.78, 5) is 14.3. The van der Waals surface area contributed by atoms with Gasteiger partial charge in [-0.1, -0.05) is 25.5 Å². The minimum atomic E-state index is -3.92. The number of amides is 1. The number of benzene rings is 1. The molecule has 1 aromatic carbocycles. The summed E-state index contributed by atoms with van der Waals surface area (Å²) in [5.74, 6) is -1.63. The van der Waals surface area contributed by atoms with Crippen molar-refractivity contribution < 1.29 is 17.6 Å². The average molecular weight is 342 g/mol. The van der Waals surface area contributed by atoms with E-state index in [-0.39, 0.29) is 5.56 Å². The quantitative estimate of drug-likeness (QED) is 0.888. The maximum atomic E-state index is 13.8. The lowest BCUT2D eigenvalue weighted by molar-refractivity contribution is -0.125. The Morgan fingerprint density at radius 3 is 2.78 bits per heavy atom. The molecule has 128 valence electrons. The number of carbonyl (C=O) groups is 1. The number of nitrogens with zero attached hydrogens (tertiary/aromatic N) is 1. The van der Waals surface area contributed by atoms with Crippen molar-refractivity contribution in [3.63, 3.8) is 0 Å². The molecule has 1 heterocycles. The third kappa shape index (κ3) is 4.75. The normalized spacial score (nSPS) is 19.5. The fourth-order valence-electron chi connectivity index (χ4n) is 2.90. The van der Waals surface area contributed by atoms with Gasteiger partial charge in [0.15, 0.2) is 0 Å². The zero-order chi connectivity index (χ0) is 17.0. The molecule has 1 fully saturated rings. The summed E-state index contributed by atoms with van der Waals surface area (Å²) in [6.07, 6.45) is 2.56. The first-order valence-electron chi connectivity index (χ1n) is 7.86. The third-order valence-electron chi connectivity index (χ3n) is 4.13. The Morgan fingerprint density at radius 2 is 2.13 bits per heavy atom. The molecule has 1 saturated heterocycles. The SMILES string of the molecule is CCN1CCCC[C@H]1C(=O)NS(=O)(=O)Cc1ccc(C)cc1F. The van der Waals surface area contributed by atoms with Crippen molar-refractivity contribution in [3.05, 3.63) is 35.1 Å². The summed E-state index contributed by atoms with van der Waals surface area (Å²) in [6.45, 7) is 5.17. The van der Waals surface area contributed by atoms with Gasteiger partial charge >= 0.3 is 0 Å². The second-order valence-electron chi connectivity index (χ2n) is 5.96. The highest BCUT2D eigenvalue weighted by Crippen LogP contribution is 2.18. The standard InChI is InChI=1S/C16H23FN2O3S/c1-3-19-9-5-4-6-15(19)16(20)18-23(21,22)11-13-8-7-12(2)10-14(13)17/h7-8,10,15H,3-6,9,11H2,1-2H3,(H,18,20)/t15-/m0/s1. The number of rotatable bonds is 5. The first-order valence-corrected chi connectivity index (χ1v) is 9.51. The molecule has 0 bridgehead atoms. The van der Waals surface area contributed by atoms with E-state index in [1.54, 1.807) is 13.0 Å². The van der Waals surface area contributed by atoms with Crippen LogP contribution < -0.4 is 4.72 Å². The molecule has 23 heavy (non-hydrogen) atoms. The molecule has 0 unspecified atom stereocenters. The molecule has 7 heteroatoms. The van der Waals surface area contributed by atoms with Crippen LogP contribution in [0.25, 0.3) is 0 Å². The number of likely N-dealkylation sites (tertiary alicyclic amines) is 1. The molecule has 1 atom stereocenters. The van der Waals surface area contributed by atoms with E-state index in [2.05, 4.69) is 4.72 Å². The topological polar surface area (TPSA) is 66.5 Å². The molecule has 1 aliphatic rings. The highest BCUT2D eigenvalue weighted by Gasteiger charge is 2.30. The molecular formula is C16H23FN2O3S. The molecule has 0 radical (unpaired) electrons. The van der Waals surface area contributed by atoms with Crippen LogP contribution in [-0.2, 0) is 20.6 Å². The fourth-order valence-corrected chi connectivity index (χ4v) is 4.06. The van der Waals surface area contributed by atoms with Gasteiger partial charge in [-0.3, -0.25) is 14.4 Å². The van der Waals surface area contributed by atoms with Crippen LogP contribution in [-0.4, -0.2) is 38.4 Å². The average Bonchev–Trinajstić information content (AvgIpc) is 2.49. The minimum Gasteiger partial charge on any atom is -0.292 e. The second-order valence-corrected chi connectivity index (χ2v) is 7.68. The van der Waals surface area contributed by atoms with Crippen molar-refractivity contribution >= 4 is 15.9 Å². The summed E-state index contributed by atoms with van der Waals surface area (Å²) < 4.78 is 40.2. The predicted molar refractivity (Wildman–Crippen MR) is 86.8 cm³/mol. The largest absolute Gasteiger partial charge is 0.292 e. The van der Waals surface area contributed by atoms with E-state index in [4.69, 9.17) is 0 Å². The maximum Gasteiger partial charge on any atom is 0.250 e. The lowest BCUT2D eigenvalue weighted by atomic mass is 10.0. The number of piperidine rings is 1. The van der Waals surface area contributed by atoms with E-state index in [9.17, 15) is 17.6 Å². The van der Waals surface area contributed by atoms with E-state index in [1.807, 2.05) is 11.8 Å². The van der Waals surface area contributed by atoms with Crippen LogP contribution in [0, 0.1) is 12.7 Å². The fraction of sp³-hybridized carbons (Fsp3) is 0.562. The molecule has 0 aliphatic carbocycles. The Hall–Kier alpha value is -1.47. The number of sulfonamides is 1. The number of aryl methyl sites for hydroxylation is 1. The Kier molecular flexibility index (Phi) is 5.75.